The Labute approximate surface area is 124 Å². The van der Waals surface area contributed by atoms with Crippen molar-refractivity contribution < 1.29 is 19.0 Å². The molecule has 1 aliphatic heterocycles. The zero-order valence-corrected chi connectivity index (χ0v) is 11.9. The van der Waals surface area contributed by atoms with Gasteiger partial charge in [-0.15, -0.1) is 0 Å². The first-order chi connectivity index (χ1) is 9.06. The molecule has 0 unspecified atom stereocenters. The van der Waals surface area contributed by atoms with Crippen molar-refractivity contribution in [3.8, 4) is 0 Å². The molecule has 19 heavy (non-hydrogen) atoms. The molecule has 0 saturated carbocycles. The number of carbonyl (C=O) groups is 1. The van der Waals surface area contributed by atoms with Crippen LogP contribution in [0.1, 0.15) is 0 Å². The number of anilines is 1. The van der Waals surface area contributed by atoms with Crippen LogP contribution in [0.2, 0.25) is 15.1 Å². The normalized spacial score (nSPS) is 15.5. The molecule has 1 aromatic rings. The number of nitrogens with one attached hydrogen (secondary N) is 1. The zero-order valence-electron chi connectivity index (χ0n) is 9.62. The summed E-state index contributed by atoms with van der Waals surface area (Å²) in [6, 6.07) is 2.88. The second-order valence-corrected chi connectivity index (χ2v) is 4.86. The molecule has 1 aliphatic rings. The third kappa shape index (κ3) is 4.12. The molecule has 0 aliphatic carbocycles. The van der Waals surface area contributed by atoms with Crippen LogP contribution in [0.5, 0.6) is 0 Å². The molecule has 0 radical (unpaired) electrons. The largest absolute Gasteiger partial charge is 0.444 e. The summed E-state index contributed by atoms with van der Waals surface area (Å²) in [5, 5.41) is 3.30. The molecule has 1 fully saturated rings. The van der Waals surface area contributed by atoms with Crippen LogP contribution in [0.25, 0.3) is 0 Å². The Morgan fingerprint density at radius 1 is 1.21 bits per heavy atom. The smallest absolute Gasteiger partial charge is 0.411 e. The van der Waals surface area contributed by atoms with Gasteiger partial charge in [-0.05, 0) is 12.1 Å². The number of benzene rings is 1. The molecule has 0 bridgehead atoms. The number of halogens is 3. The van der Waals surface area contributed by atoms with Crippen molar-refractivity contribution in [2.24, 2.45) is 0 Å². The lowest BCUT2D eigenvalue weighted by molar-refractivity contribution is -0.0759. The molecule has 104 valence electrons. The second kappa shape index (κ2) is 6.63. The quantitative estimate of drug-likeness (QED) is 0.863. The van der Waals surface area contributed by atoms with Gasteiger partial charge < -0.3 is 14.2 Å². The van der Waals surface area contributed by atoms with Crippen LogP contribution in [-0.2, 0) is 14.2 Å². The monoisotopic (exact) mass is 325 g/mol. The molecule has 2 rings (SSSR count). The lowest BCUT2D eigenvalue weighted by Crippen LogP contribution is -2.22. The van der Waals surface area contributed by atoms with E-state index < -0.39 is 12.4 Å². The van der Waals surface area contributed by atoms with Crippen LogP contribution >= 0.6 is 34.8 Å². The van der Waals surface area contributed by atoms with Crippen LogP contribution in [-0.4, -0.2) is 32.2 Å². The van der Waals surface area contributed by atoms with E-state index in [-0.39, 0.29) is 16.7 Å². The highest BCUT2D eigenvalue weighted by atomic mass is 35.5. The first-order valence-electron chi connectivity index (χ1n) is 5.38. The highest BCUT2D eigenvalue weighted by Crippen LogP contribution is 2.32. The standard InChI is InChI=1S/C11H10Cl3NO4/c12-6-3-8(14)9(4-7(6)13)15-11(16)19-5-10-17-1-2-18-10/h3-4,10H,1-2,5H2,(H,15,16). The number of amides is 1. The van der Waals surface area contributed by atoms with Crippen molar-refractivity contribution in [2.45, 2.75) is 6.29 Å². The Bertz CT molecular complexity index is 477. The fourth-order valence-electron chi connectivity index (χ4n) is 1.41. The highest BCUT2D eigenvalue weighted by Gasteiger charge is 2.18. The van der Waals surface area contributed by atoms with E-state index in [9.17, 15) is 4.79 Å². The van der Waals surface area contributed by atoms with Gasteiger partial charge >= 0.3 is 6.09 Å². The number of hydrogen-bond donors (Lipinski definition) is 1. The zero-order chi connectivity index (χ0) is 13.8. The molecular formula is C11H10Cl3NO4. The van der Waals surface area contributed by atoms with Crippen molar-refractivity contribution in [2.75, 3.05) is 25.1 Å². The van der Waals surface area contributed by atoms with Crippen LogP contribution in [0.15, 0.2) is 12.1 Å². The minimum absolute atomic E-state index is 0.00474. The van der Waals surface area contributed by atoms with Crippen molar-refractivity contribution in [1.82, 2.24) is 0 Å². The maximum Gasteiger partial charge on any atom is 0.411 e. The van der Waals surface area contributed by atoms with Gasteiger partial charge in [0.25, 0.3) is 0 Å². The van der Waals surface area contributed by atoms with E-state index in [2.05, 4.69) is 5.32 Å². The van der Waals surface area contributed by atoms with Gasteiger partial charge in [-0.3, -0.25) is 5.32 Å². The van der Waals surface area contributed by atoms with Gasteiger partial charge in [0.05, 0.1) is 34.0 Å². The van der Waals surface area contributed by atoms with E-state index in [4.69, 9.17) is 49.0 Å². The van der Waals surface area contributed by atoms with Crippen LogP contribution in [0.3, 0.4) is 0 Å². The summed E-state index contributed by atoms with van der Waals surface area (Å²) in [6.07, 6.45) is -1.20. The third-order valence-electron chi connectivity index (χ3n) is 2.29. The van der Waals surface area contributed by atoms with E-state index in [1.807, 2.05) is 0 Å². The molecule has 1 aromatic carbocycles. The van der Waals surface area contributed by atoms with Gasteiger partial charge in [0.15, 0.2) is 6.29 Å². The predicted molar refractivity (Wildman–Crippen MR) is 72.1 cm³/mol. The first-order valence-corrected chi connectivity index (χ1v) is 6.51. The van der Waals surface area contributed by atoms with Gasteiger partial charge in [-0.1, -0.05) is 34.8 Å². The summed E-state index contributed by atoms with van der Waals surface area (Å²) in [4.78, 5) is 11.5. The maximum atomic E-state index is 11.5. The lowest BCUT2D eigenvalue weighted by atomic mass is 10.3. The van der Waals surface area contributed by atoms with Gasteiger partial charge in [0.1, 0.15) is 6.61 Å². The second-order valence-electron chi connectivity index (χ2n) is 3.64. The Kier molecular flexibility index (Phi) is 5.13. The predicted octanol–water partition coefficient (Wildman–Crippen LogP) is 3.57. The molecule has 1 N–H and O–H groups in total. The summed E-state index contributed by atoms with van der Waals surface area (Å²) >= 11 is 17.5. The Hall–Kier alpha value is -0.720. The number of hydrogen-bond acceptors (Lipinski definition) is 4. The van der Waals surface area contributed by atoms with Crippen LogP contribution < -0.4 is 5.32 Å². The fraction of sp³-hybridized carbons (Fsp3) is 0.364. The summed E-state index contributed by atoms with van der Waals surface area (Å²) in [5.74, 6) is 0. The van der Waals surface area contributed by atoms with Crippen LogP contribution in [0, 0.1) is 0 Å². The number of ether oxygens (including phenoxy) is 3. The first kappa shape index (κ1) is 14.7. The molecule has 1 amide bonds. The Balaban J connectivity index is 1.89. The average Bonchev–Trinajstić information content (AvgIpc) is 2.86. The van der Waals surface area contributed by atoms with Gasteiger partial charge in [0.2, 0.25) is 0 Å². The van der Waals surface area contributed by atoms with Gasteiger partial charge in [-0.2, -0.15) is 0 Å². The maximum absolute atomic E-state index is 11.5. The van der Waals surface area contributed by atoms with E-state index >= 15 is 0 Å². The van der Waals surface area contributed by atoms with Gasteiger partial charge in [0, 0.05) is 0 Å². The summed E-state index contributed by atoms with van der Waals surface area (Å²) in [5.41, 5.74) is 0.314. The summed E-state index contributed by atoms with van der Waals surface area (Å²) in [7, 11) is 0. The molecule has 5 nitrogen and oxygen atoms in total. The number of carbonyl (C=O) groups excluding carboxylic acids is 1. The van der Waals surface area contributed by atoms with Crippen molar-refractivity contribution in [3.63, 3.8) is 0 Å². The van der Waals surface area contributed by atoms with E-state index in [1.165, 1.54) is 12.1 Å². The minimum Gasteiger partial charge on any atom is -0.444 e. The van der Waals surface area contributed by atoms with Crippen molar-refractivity contribution in [3.05, 3.63) is 27.2 Å². The Morgan fingerprint density at radius 3 is 2.53 bits per heavy atom. The van der Waals surface area contributed by atoms with E-state index in [1.54, 1.807) is 0 Å². The average molecular weight is 327 g/mol. The highest BCUT2D eigenvalue weighted by molar-refractivity contribution is 6.44. The molecule has 1 saturated heterocycles. The third-order valence-corrected chi connectivity index (χ3v) is 3.32. The molecular weight excluding hydrogens is 316 g/mol. The van der Waals surface area contributed by atoms with E-state index in [0.29, 0.717) is 23.9 Å². The van der Waals surface area contributed by atoms with Crippen molar-refractivity contribution in [1.29, 1.82) is 0 Å². The van der Waals surface area contributed by atoms with Crippen molar-refractivity contribution >= 4 is 46.6 Å². The SMILES string of the molecule is O=C(Nc1cc(Cl)c(Cl)cc1Cl)OCC1OCCO1. The fourth-order valence-corrected chi connectivity index (χ4v) is 2.01. The summed E-state index contributed by atoms with van der Waals surface area (Å²) in [6.45, 7) is 0.993. The molecule has 0 aromatic heterocycles. The number of rotatable bonds is 3. The summed E-state index contributed by atoms with van der Waals surface area (Å²) < 4.78 is 15.2. The van der Waals surface area contributed by atoms with Gasteiger partial charge in [-0.25, -0.2) is 4.79 Å². The molecule has 0 spiro atoms. The molecule has 0 atom stereocenters. The molecule has 8 heteroatoms. The lowest BCUT2D eigenvalue weighted by Gasteiger charge is -2.12. The van der Waals surface area contributed by atoms with E-state index in [0.717, 1.165) is 0 Å². The van der Waals surface area contributed by atoms with Crippen LogP contribution in [0.4, 0.5) is 10.5 Å². The Morgan fingerprint density at radius 2 is 1.84 bits per heavy atom. The molecule has 1 heterocycles. The minimum atomic E-state index is -0.681. The topological polar surface area (TPSA) is 56.8 Å².